The van der Waals surface area contributed by atoms with Crippen LogP contribution in [0.1, 0.15) is 12.0 Å². The number of carbonyl (C=O) groups excluding carboxylic acids is 1. The highest BCUT2D eigenvalue weighted by atomic mass is 16.1. The van der Waals surface area contributed by atoms with Crippen molar-refractivity contribution >= 4 is 16.8 Å². The van der Waals surface area contributed by atoms with E-state index < -0.39 is 0 Å². The summed E-state index contributed by atoms with van der Waals surface area (Å²) in [7, 11) is 1.98. The lowest BCUT2D eigenvalue weighted by molar-refractivity contribution is -0.120. The maximum atomic E-state index is 12.1. The van der Waals surface area contributed by atoms with Gasteiger partial charge >= 0.3 is 0 Å². The molecule has 0 spiro atoms. The summed E-state index contributed by atoms with van der Waals surface area (Å²) in [4.78, 5) is 23.7. The van der Waals surface area contributed by atoms with Gasteiger partial charge in [0, 0.05) is 49.5 Å². The molecule has 6 nitrogen and oxygen atoms in total. The van der Waals surface area contributed by atoms with E-state index in [9.17, 15) is 9.59 Å². The van der Waals surface area contributed by atoms with Crippen LogP contribution in [0, 0.1) is 0 Å². The summed E-state index contributed by atoms with van der Waals surface area (Å²) in [6, 6.07) is 11.1. The van der Waals surface area contributed by atoms with Gasteiger partial charge in [0.25, 0.3) is 5.56 Å². The summed E-state index contributed by atoms with van der Waals surface area (Å²) in [6.45, 7) is 1.01. The lowest BCUT2D eigenvalue weighted by Crippen LogP contribution is -2.28. The summed E-state index contributed by atoms with van der Waals surface area (Å²) >= 11 is 0. The molecule has 0 aliphatic carbocycles. The predicted molar refractivity (Wildman–Crippen MR) is 92.7 cm³/mol. The molecular weight excluding hydrogens is 304 g/mol. The molecule has 0 unspecified atom stereocenters. The van der Waals surface area contributed by atoms with Crippen LogP contribution in [0.3, 0.4) is 0 Å². The summed E-state index contributed by atoms with van der Waals surface area (Å²) in [5, 5.41) is 8.00. The van der Waals surface area contributed by atoms with Crippen molar-refractivity contribution < 1.29 is 4.79 Å². The van der Waals surface area contributed by atoms with Crippen LogP contribution in [0.2, 0.25) is 0 Å². The number of hydrogen-bond donors (Lipinski definition) is 1. The largest absolute Gasteiger partial charge is 0.356 e. The zero-order valence-electron chi connectivity index (χ0n) is 13.6. The Morgan fingerprint density at radius 2 is 2.04 bits per heavy atom. The van der Waals surface area contributed by atoms with Gasteiger partial charge < -0.3 is 9.88 Å². The van der Waals surface area contributed by atoms with Crippen LogP contribution in [0.4, 0.5) is 0 Å². The van der Waals surface area contributed by atoms with Crippen molar-refractivity contribution in [1.29, 1.82) is 0 Å². The Bertz CT molecular complexity index is 911. The second-order valence-corrected chi connectivity index (χ2v) is 5.75. The molecule has 0 fully saturated rings. The highest BCUT2D eigenvalue weighted by Gasteiger charge is 2.10. The van der Waals surface area contributed by atoms with Crippen LogP contribution in [-0.4, -0.2) is 26.8 Å². The number of rotatable bonds is 6. The van der Waals surface area contributed by atoms with Crippen molar-refractivity contribution in [3.63, 3.8) is 0 Å². The number of benzene rings is 1. The molecule has 1 amide bonds. The van der Waals surface area contributed by atoms with E-state index in [1.165, 1.54) is 10.7 Å². The predicted octanol–water partition coefficient (Wildman–Crippen LogP) is 1.48. The van der Waals surface area contributed by atoms with Crippen LogP contribution in [0.5, 0.6) is 0 Å². The SMILES string of the molecule is Cn1cc(CC(=O)NCCCn2ncccc2=O)c2ccccc21. The van der Waals surface area contributed by atoms with Crippen molar-refractivity contribution in [3.05, 3.63) is 64.7 Å². The molecule has 0 radical (unpaired) electrons. The van der Waals surface area contributed by atoms with Gasteiger partial charge in [-0.25, -0.2) is 4.68 Å². The molecule has 0 aliphatic heterocycles. The highest BCUT2D eigenvalue weighted by Crippen LogP contribution is 2.20. The molecule has 0 bridgehead atoms. The number of nitrogens with zero attached hydrogens (tertiary/aromatic N) is 3. The Hall–Kier alpha value is -2.89. The number of aromatic nitrogens is 3. The van der Waals surface area contributed by atoms with Gasteiger partial charge in [-0.3, -0.25) is 9.59 Å². The Labute approximate surface area is 139 Å². The Balaban J connectivity index is 1.52. The second kappa shape index (κ2) is 7.12. The molecule has 2 heterocycles. The molecule has 6 heteroatoms. The van der Waals surface area contributed by atoms with Crippen LogP contribution >= 0.6 is 0 Å². The Kier molecular flexibility index (Phi) is 4.74. The standard InChI is InChI=1S/C18H20N4O2/c1-21-13-14(15-6-2-3-7-16(15)21)12-17(23)19-9-5-11-22-18(24)8-4-10-20-22/h2-4,6-8,10,13H,5,9,11-12H2,1H3,(H,19,23). The van der Waals surface area contributed by atoms with Crippen molar-refractivity contribution in [3.8, 4) is 0 Å². The molecule has 0 atom stereocenters. The first-order valence-corrected chi connectivity index (χ1v) is 7.97. The van der Waals surface area contributed by atoms with Gasteiger partial charge in [0.2, 0.25) is 5.91 Å². The first kappa shape index (κ1) is 16.0. The molecule has 2 aromatic heterocycles. The Morgan fingerprint density at radius 1 is 1.21 bits per heavy atom. The van der Waals surface area contributed by atoms with Gasteiger partial charge in [-0.05, 0) is 24.1 Å². The van der Waals surface area contributed by atoms with E-state index in [0.717, 1.165) is 16.5 Å². The third-order valence-electron chi connectivity index (χ3n) is 3.98. The number of amides is 1. The average Bonchev–Trinajstić information content (AvgIpc) is 2.89. The maximum absolute atomic E-state index is 12.1. The minimum Gasteiger partial charge on any atom is -0.356 e. The molecule has 124 valence electrons. The first-order chi connectivity index (χ1) is 11.6. The third kappa shape index (κ3) is 3.53. The molecule has 0 saturated heterocycles. The first-order valence-electron chi connectivity index (χ1n) is 7.97. The van der Waals surface area contributed by atoms with Crippen LogP contribution in [0.25, 0.3) is 10.9 Å². The van der Waals surface area contributed by atoms with Gasteiger partial charge in [-0.1, -0.05) is 18.2 Å². The van der Waals surface area contributed by atoms with Crippen molar-refractivity contribution in [2.45, 2.75) is 19.4 Å². The molecule has 1 aromatic carbocycles. The van der Waals surface area contributed by atoms with E-state index in [1.807, 2.05) is 42.1 Å². The zero-order valence-corrected chi connectivity index (χ0v) is 13.6. The van der Waals surface area contributed by atoms with Crippen LogP contribution in [-0.2, 0) is 24.8 Å². The van der Waals surface area contributed by atoms with E-state index in [1.54, 1.807) is 12.3 Å². The average molecular weight is 324 g/mol. The van der Waals surface area contributed by atoms with Crippen molar-refractivity contribution in [2.75, 3.05) is 6.54 Å². The smallest absolute Gasteiger partial charge is 0.266 e. The summed E-state index contributed by atoms with van der Waals surface area (Å²) in [5.74, 6) is -0.0141. The zero-order chi connectivity index (χ0) is 16.9. The molecule has 1 N–H and O–H groups in total. The van der Waals surface area contributed by atoms with Gasteiger partial charge in [0.15, 0.2) is 0 Å². The molecule has 0 aliphatic rings. The number of fused-ring (bicyclic) bond motifs is 1. The van der Waals surface area contributed by atoms with Crippen LogP contribution < -0.4 is 10.9 Å². The quantitative estimate of drug-likeness (QED) is 0.698. The fourth-order valence-electron chi connectivity index (χ4n) is 2.81. The molecule has 24 heavy (non-hydrogen) atoms. The summed E-state index contributed by atoms with van der Waals surface area (Å²) < 4.78 is 3.43. The minimum absolute atomic E-state index is 0.0141. The second-order valence-electron chi connectivity index (χ2n) is 5.75. The Morgan fingerprint density at radius 3 is 2.88 bits per heavy atom. The third-order valence-corrected chi connectivity index (χ3v) is 3.98. The molecule has 3 aromatic rings. The van der Waals surface area contributed by atoms with Crippen molar-refractivity contribution in [1.82, 2.24) is 19.7 Å². The molecule has 0 saturated carbocycles. The van der Waals surface area contributed by atoms with E-state index >= 15 is 0 Å². The maximum Gasteiger partial charge on any atom is 0.266 e. The van der Waals surface area contributed by atoms with E-state index in [0.29, 0.717) is 25.9 Å². The van der Waals surface area contributed by atoms with Crippen molar-refractivity contribution in [2.24, 2.45) is 7.05 Å². The number of nitrogens with one attached hydrogen (secondary N) is 1. The monoisotopic (exact) mass is 324 g/mol. The minimum atomic E-state index is -0.125. The van der Waals surface area contributed by atoms with Gasteiger partial charge in [-0.15, -0.1) is 0 Å². The number of hydrogen-bond acceptors (Lipinski definition) is 3. The lowest BCUT2D eigenvalue weighted by Gasteiger charge is -2.06. The van der Waals surface area contributed by atoms with E-state index in [4.69, 9.17) is 0 Å². The fourth-order valence-corrected chi connectivity index (χ4v) is 2.81. The van der Waals surface area contributed by atoms with Crippen LogP contribution in [0.15, 0.2) is 53.6 Å². The lowest BCUT2D eigenvalue weighted by atomic mass is 10.1. The van der Waals surface area contributed by atoms with Gasteiger partial charge in [0.05, 0.1) is 6.42 Å². The number of aryl methyl sites for hydroxylation is 2. The van der Waals surface area contributed by atoms with Gasteiger partial charge in [0.1, 0.15) is 0 Å². The van der Waals surface area contributed by atoms with Gasteiger partial charge in [-0.2, -0.15) is 5.10 Å². The highest BCUT2D eigenvalue weighted by molar-refractivity contribution is 5.89. The van der Waals surface area contributed by atoms with E-state index in [-0.39, 0.29) is 11.5 Å². The molecular formula is C18H20N4O2. The normalized spacial score (nSPS) is 10.9. The molecule has 3 rings (SSSR count). The summed E-state index contributed by atoms with van der Waals surface area (Å²) in [6.07, 6.45) is 4.60. The summed E-state index contributed by atoms with van der Waals surface area (Å²) in [5.41, 5.74) is 2.01. The number of para-hydroxylation sites is 1. The fraction of sp³-hybridized carbons (Fsp3) is 0.278. The topological polar surface area (TPSA) is 68.9 Å². The number of carbonyl (C=O) groups is 1. The van der Waals surface area contributed by atoms with E-state index in [2.05, 4.69) is 10.4 Å².